The molecule has 2 rings (SSSR count). The van der Waals surface area contributed by atoms with Crippen molar-refractivity contribution < 1.29 is 0 Å². The zero-order chi connectivity index (χ0) is 10.8. The first-order valence-corrected chi connectivity index (χ1v) is 5.34. The summed E-state index contributed by atoms with van der Waals surface area (Å²) in [6.45, 7) is 0. The van der Waals surface area contributed by atoms with Gasteiger partial charge in [-0.3, -0.25) is 3.59 Å². The first-order chi connectivity index (χ1) is 7.22. The minimum atomic E-state index is 0.634. The maximum Gasteiger partial charge on any atom is 0.101 e. The van der Waals surface area contributed by atoms with Gasteiger partial charge < -0.3 is 0 Å². The van der Waals surface area contributed by atoms with E-state index in [-0.39, 0.29) is 0 Å². The van der Waals surface area contributed by atoms with Crippen LogP contribution in [0.4, 0.5) is 0 Å². The molecule has 0 amide bonds. The average molecular weight is 282 g/mol. The Morgan fingerprint density at radius 3 is 2.47 bits per heavy atom. The first-order valence-electron chi connectivity index (χ1n) is 4.26. The molecule has 1 aromatic carbocycles. The molecule has 4 heteroatoms. The smallest absolute Gasteiger partial charge is 0.101 e. The highest BCUT2D eigenvalue weighted by molar-refractivity contribution is 9.08. The fraction of sp³-hybridized carbons (Fsp3) is 0. The number of nitriles is 1. The van der Waals surface area contributed by atoms with E-state index in [0.29, 0.717) is 10.6 Å². The van der Waals surface area contributed by atoms with Crippen LogP contribution in [0.1, 0.15) is 5.56 Å². The van der Waals surface area contributed by atoms with Crippen molar-refractivity contribution in [2.24, 2.45) is 0 Å². The second-order valence-corrected chi connectivity index (χ2v) is 4.21. The van der Waals surface area contributed by atoms with Gasteiger partial charge in [-0.25, -0.2) is 0 Å². The van der Waals surface area contributed by atoms with Crippen LogP contribution in [0.15, 0.2) is 36.5 Å². The zero-order valence-corrected chi connectivity index (χ0v) is 9.96. The van der Waals surface area contributed by atoms with Crippen LogP contribution < -0.4 is 0 Å². The molecule has 15 heavy (non-hydrogen) atoms. The van der Waals surface area contributed by atoms with Gasteiger partial charge in [0, 0.05) is 16.8 Å². The monoisotopic (exact) mass is 280 g/mol. The Bertz CT molecular complexity index is 523. The van der Waals surface area contributed by atoms with Crippen LogP contribution in [-0.4, -0.2) is 3.59 Å². The van der Waals surface area contributed by atoms with E-state index in [9.17, 15) is 0 Å². The predicted octanol–water partition coefficient (Wildman–Crippen LogP) is 3.84. The summed E-state index contributed by atoms with van der Waals surface area (Å²) in [6, 6.07) is 11.3. The third kappa shape index (κ3) is 1.92. The lowest BCUT2D eigenvalue weighted by molar-refractivity contribution is 1.32. The molecule has 74 valence electrons. The number of nitrogens with zero attached hydrogens (tertiary/aromatic N) is 2. The fourth-order valence-electron chi connectivity index (χ4n) is 1.39. The maximum atomic E-state index is 8.94. The van der Waals surface area contributed by atoms with Crippen LogP contribution in [-0.2, 0) is 0 Å². The Labute approximate surface area is 101 Å². The van der Waals surface area contributed by atoms with Gasteiger partial charge in [-0.05, 0) is 18.2 Å². The van der Waals surface area contributed by atoms with Crippen LogP contribution in [0.5, 0.6) is 0 Å². The molecule has 2 nitrogen and oxygen atoms in total. The second kappa shape index (κ2) is 4.09. The normalized spacial score (nSPS) is 9.93. The van der Waals surface area contributed by atoms with Gasteiger partial charge in [0.2, 0.25) is 0 Å². The van der Waals surface area contributed by atoms with Gasteiger partial charge in [0.1, 0.15) is 6.07 Å². The summed E-state index contributed by atoms with van der Waals surface area (Å²) in [5.74, 6) is 0. The standard InChI is InChI=1S/C11H6BrClN2/c12-15-6-5-9(7-14)11(15)8-1-3-10(13)4-2-8/h1-6H. The van der Waals surface area contributed by atoms with Gasteiger partial charge in [-0.1, -0.05) is 23.7 Å². The van der Waals surface area contributed by atoms with E-state index in [4.69, 9.17) is 16.9 Å². The number of halogens is 2. The third-order valence-electron chi connectivity index (χ3n) is 2.08. The number of aromatic nitrogens is 1. The summed E-state index contributed by atoms with van der Waals surface area (Å²) < 4.78 is 1.74. The van der Waals surface area contributed by atoms with E-state index in [0.717, 1.165) is 11.3 Å². The molecule has 0 spiro atoms. The minimum Gasteiger partial charge on any atom is -0.282 e. The van der Waals surface area contributed by atoms with Gasteiger partial charge in [0.25, 0.3) is 0 Å². The van der Waals surface area contributed by atoms with Crippen LogP contribution in [0.25, 0.3) is 11.3 Å². The van der Waals surface area contributed by atoms with Gasteiger partial charge >= 0.3 is 0 Å². The molecule has 0 aliphatic carbocycles. The van der Waals surface area contributed by atoms with Crippen LogP contribution in [0.3, 0.4) is 0 Å². The van der Waals surface area contributed by atoms with Crippen molar-refractivity contribution in [3.63, 3.8) is 0 Å². The molecule has 0 saturated carbocycles. The van der Waals surface area contributed by atoms with Crippen molar-refractivity contribution in [1.82, 2.24) is 3.59 Å². The molecule has 0 radical (unpaired) electrons. The Morgan fingerprint density at radius 1 is 1.20 bits per heavy atom. The Balaban J connectivity index is 2.59. The summed E-state index contributed by atoms with van der Waals surface area (Å²) in [5.41, 5.74) is 2.43. The number of hydrogen-bond acceptors (Lipinski definition) is 1. The third-order valence-corrected chi connectivity index (χ3v) is 2.92. The highest BCUT2D eigenvalue weighted by atomic mass is 79.9. The Hall–Kier alpha value is -1.24. The summed E-state index contributed by atoms with van der Waals surface area (Å²) in [7, 11) is 0. The molecule has 0 aliphatic heterocycles. The summed E-state index contributed by atoms with van der Waals surface area (Å²) in [6.07, 6.45) is 1.79. The highest BCUT2D eigenvalue weighted by Crippen LogP contribution is 2.27. The molecule has 0 aliphatic rings. The van der Waals surface area contributed by atoms with Gasteiger partial charge in [-0.2, -0.15) is 5.26 Å². The minimum absolute atomic E-state index is 0.634. The Morgan fingerprint density at radius 2 is 1.87 bits per heavy atom. The highest BCUT2D eigenvalue weighted by Gasteiger charge is 2.09. The van der Waals surface area contributed by atoms with Crippen molar-refractivity contribution in [3.8, 4) is 17.3 Å². The molecule has 0 N–H and O–H groups in total. The van der Waals surface area contributed by atoms with Crippen molar-refractivity contribution in [3.05, 3.63) is 47.1 Å². The van der Waals surface area contributed by atoms with E-state index < -0.39 is 0 Å². The van der Waals surface area contributed by atoms with E-state index in [1.807, 2.05) is 12.1 Å². The van der Waals surface area contributed by atoms with E-state index in [1.165, 1.54) is 0 Å². The molecule has 0 bridgehead atoms. The topological polar surface area (TPSA) is 28.7 Å². The summed E-state index contributed by atoms with van der Waals surface area (Å²) in [4.78, 5) is 0. The number of benzene rings is 1. The van der Waals surface area contributed by atoms with Gasteiger partial charge in [0.15, 0.2) is 0 Å². The summed E-state index contributed by atoms with van der Waals surface area (Å²) in [5, 5.41) is 9.62. The predicted molar refractivity (Wildman–Crippen MR) is 63.9 cm³/mol. The van der Waals surface area contributed by atoms with E-state index in [1.54, 1.807) is 28.0 Å². The van der Waals surface area contributed by atoms with Gasteiger partial charge in [0.05, 0.1) is 27.4 Å². The average Bonchev–Trinajstić information content (AvgIpc) is 2.61. The molecular weight excluding hydrogens is 275 g/mol. The quantitative estimate of drug-likeness (QED) is 0.781. The molecule has 1 aromatic heterocycles. The van der Waals surface area contributed by atoms with Gasteiger partial charge in [-0.15, -0.1) is 0 Å². The molecule has 0 fully saturated rings. The van der Waals surface area contributed by atoms with Crippen LogP contribution in [0.2, 0.25) is 5.02 Å². The fourth-order valence-corrected chi connectivity index (χ4v) is 2.03. The number of hydrogen-bond donors (Lipinski definition) is 0. The molecule has 0 saturated heterocycles. The Kier molecular flexibility index (Phi) is 2.81. The largest absolute Gasteiger partial charge is 0.282 e. The van der Waals surface area contributed by atoms with E-state index in [2.05, 4.69) is 22.2 Å². The second-order valence-electron chi connectivity index (χ2n) is 3.01. The van der Waals surface area contributed by atoms with Crippen molar-refractivity contribution in [2.75, 3.05) is 0 Å². The zero-order valence-electron chi connectivity index (χ0n) is 7.61. The lowest BCUT2D eigenvalue weighted by Gasteiger charge is -2.02. The SMILES string of the molecule is N#Cc1ccn(Br)c1-c1ccc(Cl)cc1. The van der Waals surface area contributed by atoms with Crippen molar-refractivity contribution in [2.45, 2.75) is 0 Å². The molecular formula is C11H6BrClN2. The summed E-state index contributed by atoms with van der Waals surface area (Å²) >= 11 is 9.15. The van der Waals surface area contributed by atoms with Crippen LogP contribution in [0, 0.1) is 11.3 Å². The lowest BCUT2D eigenvalue weighted by Crippen LogP contribution is -1.85. The maximum absolute atomic E-state index is 8.94. The molecule has 1 heterocycles. The molecule has 2 aromatic rings. The van der Waals surface area contributed by atoms with Crippen molar-refractivity contribution >= 4 is 27.7 Å². The number of rotatable bonds is 1. The van der Waals surface area contributed by atoms with Crippen LogP contribution >= 0.6 is 27.7 Å². The van der Waals surface area contributed by atoms with Crippen molar-refractivity contribution in [1.29, 1.82) is 5.26 Å². The first kappa shape index (κ1) is 10.3. The van der Waals surface area contributed by atoms with E-state index >= 15 is 0 Å². The molecule has 0 unspecified atom stereocenters. The lowest BCUT2D eigenvalue weighted by atomic mass is 10.1. The molecule has 0 atom stereocenters.